The highest BCUT2D eigenvalue weighted by atomic mass is 16.3. The molecule has 0 fully saturated rings. The van der Waals surface area contributed by atoms with Crippen LogP contribution < -0.4 is 11.2 Å². The number of nitrogens with two attached hydrogens (primary N) is 1. The fourth-order valence-electron chi connectivity index (χ4n) is 1.19. The van der Waals surface area contributed by atoms with Crippen molar-refractivity contribution in [3.05, 3.63) is 23.8 Å². The van der Waals surface area contributed by atoms with E-state index in [1.54, 1.807) is 6.07 Å². The van der Waals surface area contributed by atoms with Crippen LogP contribution in [0.25, 0.3) is 0 Å². The summed E-state index contributed by atoms with van der Waals surface area (Å²) in [5.74, 6) is 0.310. The molecule has 0 heterocycles. The quantitative estimate of drug-likeness (QED) is 0.605. The molecule has 12 heavy (non-hydrogen) atoms. The van der Waals surface area contributed by atoms with Crippen LogP contribution in [-0.2, 0) is 0 Å². The van der Waals surface area contributed by atoms with Crippen LogP contribution in [0.4, 0.5) is 0 Å². The molecule has 0 saturated carbocycles. The molecule has 0 aromatic heterocycles. The van der Waals surface area contributed by atoms with Gasteiger partial charge in [0.15, 0.2) is 0 Å². The first-order valence-electron chi connectivity index (χ1n) is 4.20. The summed E-state index contributed by atoms with van der Waals surface area (Å²) < 4.78 is 0. The molecule has 0 aliphatic rings. The molecule has 2 nitrogen and oxygen atoms in total. The lowest BCUT2D eigenvalue weighted by Crippen LogP contribution is -2.11. The number of hydrogen-bond donors (Lipinski definition) is 2. The summed E-state index contributed by atoms with van der Waals surface area (Å²) in [5, 5.41) is 9.51. The summed E-state index contributed by atoms with van der Waals surface area (Å²) in [4.78, 5) is 0. The van der Waals surface area contributed by atoms with E-state index in [0.29, 0.717) is 5.75 Å². The van der Waals surface area contributed by atoms with Crippen molar-refractivity contribution in [1.29, 1.82) is 0 Å². The standard InChI is InChI=1S/C9H14BNO/c1-2-8(11)7-4-3-6(10)5-9(7)12/h3-5,8,12H,2,10-11H2,1H3. The van der Waals surface area contributed by atoms with Crippen molar-refractivity contribution in [1.82, 2.24) is 0 Å². The van der Waals surface area contributed by atoms with Crippen molar-refractivity contribution >= 4 is 13.3 Å². The predicted molar refractivity (Wildman–Crippen MR) is 53.5 cm³/mol. The maximum absolute atomic E-state index is 9.51. The van der Waals surface area contributed by atoms with Crippen molar-refractivity contribution in [2.45, 2.75) is 19.4 Å². The van der Waals surface area contributed by atoms with Crippen molar-refractivity contribution < 1.29 is 5.11 Å². The summed E-state index contributed by atoms with van der Waals surface area (Å²) in [5.41, 5.74) is 7.68. The molecule has 0 saturated heterocycles. The van der Waals surface area contributed by atoms with Crippen LogP contribution in [0.5, 0.6) is 5.75 Å². The second kappa shape index (κ2) is 3.63. The molecule has 0 radical (unpaired) electrons. The molecular weight excluding hydrogens is 149 g/mol. The number of rotatable bonds is 2. The lowest BCUT2D eigenvalue weighted by Gasteiger charge is -2.11. The molecule has 1 aromatic rings. The van der Waals surface area contributed by atoms with Crippen molar-refractivity contribution in [3.8, 4) is 5.75 Å². The van der Waals surface area contributed by atoms with Gasteiger partial charge in [0.25, 0.3) is 0 Å². The van der Waals surface area contributed by atoms with Gasteiger partial charge in [-0.05, 0) is 12.5 Å². The molecule has 0 aliphatic carbocycles. The Morgan fingerprint density at radius 2 is 2.25 bits per heavy atom. The van der Waals surface area contributed by atoms with Crippen LogP contribution in [0.3, 0.4) is 0 Å². The zero-order valence-corrected chi connectivity index (χ0v) is 7.54. The van der Waals surface area contributed by atoms with E-state index < -0.39 is 0 Å². The summed E-state index contributed by atoms with van der Waals surface area (Å²) in [7, 11) is 1.95. The van der Waals surface area contributed by atoms with Gasteiger partial charge in [-0.25, -0.2) is 0 Å². The molecule has 0 aliphatic heterocycles. The summed E-state index contributed by atoms with van der Waals surface area (Å²) >= 11 is 0. The van der Waals surface area contributed by atoms with Gasteiger partial charge in [-0.15, -0.1) is 0 Å². The van der Waals surface area contributed by atoms with Gasteiger partial charge >= 0.3 is 0 Å². The zero-order valence-electron chi connectivity index (χ0n) is 7.54. The first kappa shape index (κ1) is 9.14. The normalized spacial score (nSPS) is 12.8. The van der Waals surface area contributed by atoms with E-state index in [4.69, 9.17) is 5.73 Å². The predicted octanol–water partition coefficient (Wildman–Crippen LogP) is 0.0604. The smallest absolute Gasteiger partial charge is 0.139 e. The Kier molecular flexibility index (Phi) is 2.76. The van der Waals surface area contributed by atoms with Gasteiger partial charge in [-0.1, -0.05) is 24.5 Å². The van der Waals surface area contributed by atoms with Crippen molar-refractivity contribution in [2.24, 2.45) is 5.73 Å². The maximum Gasteiger partial charge on any atom is 0.139 e. The number of hydrogen-bond acceptors (Lipinski definition) is 2. The van der Waals surface area contributed by atoms with Gasteiger partial charge in [0.1, 0.15) is 13.6 Å². The molecule has 1 atom stereocenters. The number of phenols is 1. The fourth-order valence-corrected chi connectivity index (χ4v) is 1.19. The minimum atomic E-state index is -0.0504. The summed E-state index contributed by atoms with van der Waals surface area (Å²) in [6.45, 7) is 2.00. The number of aromatic hydroxyl groups is 1. The van der Waals surface area contributed by atoms with E-state index in [1.807, 2.05) is 26.9 Å². The molecule has 1 unspecified atom stereocenters. The molecule has 64 valence electrons. The Hall–Kier alpha value is -0.955. The number of benzene rings is 1. The van der Waals surface area contributed by atoms with Crippen LogP contribution in [0.1, 0.15) is 24.9 Å². The Morgan fingerprint density at radius 1 is 1.58 bits per heavy atom. The minimum Gasteiger partial charge on any atom is -0.508 e. The Labute approximate surface area is 73.8 Å². The highest BCUT2D eigenvalue weighted by Crippen LogP contribution is 2.22. The lowest BCUT2D eigenvalue weighted by atomic mass is 9.92. The van der Waals surface area contributed by atoms with Crippen molar-refractivity contribution in [2.75, 3.05) is 0 Å². The van der Waals surface area contributed by atoms with Crippen LogP contribution in [-0.4, -0.2) is 13.0 Å². The second-order valence-electron chi connectivity index (χ2n) is 3.08. The Bertz CT molecular complexity index is 275. The van der Waals surface area contributed by atoms with Gasteiger partial charge < -0.3 is 10.8 Å². The summed E-state index contributed by atoms with van der Waals surface area (Å²) in [6, 6.07) is 5.54. The topological polar surface area (TPSA) is 46.2 Å². The molecule has 1 aromatic carbocycles. The SMILES string of the molecule is Bc1ccc(C(N)CC)c(O)c1. The van der Waals surface area contributed by atoms with Gasteiger partial charge in [0.05, 0.1) is 0 Å². The van der Waals surface area contributed by atoms with Crippen LogP contribution >= 0.6 is 0 Å². The minimum absolute atomic E-state index is 0.0504. The molecule has 1 rings (SSSR count). The highest BCUT2D eigenvalue weighted by Gasteiger charge is 2.07. The molecule has 3 heteroatoms. The van der Waals surface area contributed by atoms with Gasteiger partial charge in [0, 0.05) is 11.6 Å². The fraction of sp³-hybridized carbons (Fsp3) is 0.333. The van der Waals surface area contributed by atoms with Crippen molar-refractivity contribution in [3.63, 3.8) is 0 Å². The van der Waals surface area contributed by atoms with Gasteiger partial charge in [-0.2, -0.15) is 0 Å². The van der Waals surface area contributed by atoms with E-state index in [9.17, 15) is 5.11 Å². The molecule has 0 amide bonds. The lowest BCUT2D eigenvalue weighted by molar-refractivity contribution is 0.461. The Balaban J connectivity index is 3.01. The van der Waals surface area contributed by atoms with Gasteiger partial charge in [0.2, 0.25) is 0 Å². The highest BCUT2D eigenvalue weighted by molar-refractivity contribution is 6.32. The third-order valence-corrected chi connectivity index (χ3v) is 2.03. The summed E-state index contributed by atoms with van der Waals surface area (Å²) in [6.07, 6.45) is 0.844. The van der Waals surface area contributed by atoms with Crippen LogP contribution in [0.15, 0.2) is 18.2 Å². The largest absolute Gasteiger partial charge is 0.508 e. The first-order chi connectivity index (χ1) is 5.65. The molecule has 3 N–H and O–H groups in total. The average Bonchev–Trinajstić information content (AvgIpc) is 2.03. The van der Waals surface area contributed by atoms with E-state index in [1.165, 1.54) is 0 Å². The second-order valence-corrected chi connectivity index (χ2v) is 3.08. The monoisotopic (exact) mass is 163 g/mol. The molecular formula is C9H14BNO. The zero-order chi connectivity index (χ0) is 9.14. The average molecular weight is 163 g/mol. The van der Waals surface area contributed by atoms with E-state index in [2.05, 4.69) is 0 Å². The van der Waals surface area contributed by atoms with E-state index >= 15 is 0 Å². The van der Waals surface area contributed by atoms with E-state index in [0.717, 1.165) is 17.4 Å². The third-order valence-electron chi connectivity index (χ3n) is 2.03. The third kappa shape index (κ3) is 1.80. The number of phenolic OH excluding ortho intramolecular Hbond substituents is 1. The van der Waals surface area contributed by atoms with Gasteiger partial charge in [-0.3, -0.25) is 0 Å². The van der Waals surface area contributed by atoms with Crippen LogP contribution in [0, 0.1) is 0 Å². The first-order valence-corrected chi connectivity index (χ1v) is 4.20. The maximum atomic E-state index is 9.51. The molecule has 0 bridgehead atoms. The molecule has 0 spiro atoms. The van der Waals surface area contributed by atoms with E-state index in [-0.39, 0.29) is 6.04 Å². The Morgan fingerprint density at radius 3 is 2.75 bits per heavy atom. The van der Waals surface area contributed by atoms with Crippen LogP contribution in [0.2, 0.25) is 0 Å².